The molecule has 2 heterocycles. The van der Waals surface area contributed by atoms with E-state index in [9.17, 15) is 9.59 Å². The summed E-state index contributed by atoms with van der Waals surface area (Å²) >= 11 is 1.61. The Labute approximate surface area is 259 Å². The van der Waals surface area contributed by atoms with Gasteiger partial charge in [-0.15, -0.1) is 0 Å². The summed E-state index contributed by atoms with van der Waals surface area (Å²) in [7, 11) is 0. The zero-order valence-corrected chi connectivity index (χ0v) is 26.1. The molecule has 0 saturated carbocycles. The number of aromatic nitrogens is 2. The fourth-order valence-corrected chi connectivity index (χ4v) is 6.37. The minimum Gasteiger partial charge on any atom is -0.461 e. The number of rotatable bonds is 13. The maximum absolute atomic E-state index is 13.6. The standard InChI is InChI=1S/C35H42N4O3S/c1-3-27(2)42-34(41)26-39-32-16-9-8-15-31(32)36-35(39)43-24-12-23-38(33(40)25-28-13-6-4-7-14-28)30-19-17-29(18-20-30)37-21-10-5-11-22-37/h4,6-9,13-20,27H,3,5,10-12,21-26H2,1-2H3. The smallest absolute Gasteiger partial charge is 0.326 e. The predicted molar refractivity (Wildman–Crippen MR) is 176 cm³/mol. The molecule has 1 unspecified atom stereocenters. The van der Waals surface area contributed by atoms with Gasteiger partial charge in [0.25, 0.3) is 0 Å². The molecule has 7 nitrogen and oxygen atoms in total. The van der Waals surface area contributed by atoms with Crippen LogP contribution in [0.15, 0.2) is 84.0 Å². The number of hydrogen-bond donors (Lipinski definition) is 0. The van der Waals surface area contributed by atoms with Crippen molar-refractivity contribution in [1.29, 1.82) is 0 Å². The van der Waals surface area contributed by atoms with E-state index >= 15 is 0 Å². The van der Waals surface area contributed by atoms with Gasteiger partial charge in [-0.1, -0.05) is 61.2 Å². The van der Waals surface area contributed by atoms with Gasteiger partial charge in [0.05, 0.1) is 23.6 Å². The molecule has 0 aliphatic carbocycles. The van der Waals surface area contributed by atoms with Gasteiger partial charge in [0.15, 0.2) is 5.16 Å². The first-order valence-corrected chi connectivity index (χ1v) is 16.5. The number of thioether (sulfide) groups is 1. The van der Waals surface area contributed by atoms with Crippen LogP contribution in [0.5, 0.6) is 0 Å². The van der Waals surface area contributed by atoms with E-state index in [0.29, 0.717) is 13.0 Å². The first-order chi connectivity index (χ1) is 21.0. The van der Waals surface area contributed by atoms with Crippen molar-refractivity contribution in [1.82, 2.24) is 9.55 Å². The monoisotopic (exact) mass is 598 g/mol. The van der Waals surface area contributed by atoms with Gasteiger partial charge in [0.2, 0.25) is 5.91 Å². The predicted octanol–water partition coefficient (Wildman–Crippen LogP) is 7.13. The van der Waals surface area contributed by atoms with Crippen LogP contribution in [0.1, 0.15) is 51.5 Å². The van der Waals surface area contributed by atoms with Crippen molar-refractivity contribution in [2.24, 2.45) is 0 Å². The molecule has 0 spiro atoms. The maximum atomic E-state index is 13.6. The fourth-order valence-electron chi connectivity index (χ4n) is 5.44. The van der Waals surface area contributed by atoms with E-state index in [2.05, 4.69) is 29.2 Å². The molecule has 43 heavy (non-hydrogen) atoms. The highest BCUT2D eigenvalue weighted by molar-refractivity contribution is 7.99. The summed E-state index contributed by atoms with van der Waals surface area (Å²) in [5.41, 5.74) is 4.93. The normalized spacial score (nSPS) is 14.0. The number of piperidine rings is 1. The maximum Gasteiger partial charge on any atom is 0.326 e. The largest absolute Gasteiger partial charge is 0.461 e. The second kappa shape index (κ2) is 15.1. The van der Waals surface area contributed by atoms with Gasteiger partial charge in [-0.2, -0.15) is 0 Å². The average Bonchev–Trinajstić information content (AvgIpc) is 3.38. The number of carbonyl (C=O) groups excluding carboxylic acids is 2. The minimum atomic E-state index is -0.259. The van der Waals surface area contributed by atoms with Crippen molar-refractivity contribution < 1.29 is 14.3 Å². The number of benzene rings is 3. The summed E-state index contributed by atoms with van der Waals surface area (Å²) in [6, 6.07) is 26.3. The van der Waals surface area contributed by atoms with Crippen LogP contribution in [0.25, 0.3) is 11.0 Å². The molecule has 1 amide bonds. The molecule has 0 radical (unpaired) electrons. The molecule has 0 bridgehead atoms. The van der Waals surface area contributed by atoms with Gasteiger partial charge in [-0.25, -0.2) is 4.98 Å². The van der Waals surface area contributed by atoms with Gasteiger partial charge in [0.1, 0.15) is 6.54 Å². The molecule has 0 N–H and O–H groups in total. The minimum absolute atomic E-state index is 0.0851. The summed E-state index contributed by atoms with van der Waals surface area (Å²) in [6.07, 6.45) is 5.55. The Morgan fingerprint density at radius 3 is 2.42 bits per heavy atom. The van der Waals surface area contributed by atoms with E-state index in [4.69, 9.17) is 9.72 Å². The lowest BCUT2D eigenvalue weighted by molar-refractivity contribution is -0.149. The number of esters is 1. The second-order valence-corrected chi connectivity index (χ2v) is 12.2. The van der Waals surface area contributed by atoms with Gasteiger partial charge in [-0.05, 0) is 81.0 Å². The third kappa shape index (κ3) is 8.20. The number of nitrogens with zero attached hydrogens (tertiary/aromatic N) is 4. The summed E-state index contributed by atoms with van der Waals surface area (Å²) in [6.45, 7) is 6.81. The topological polar surface area (TPSA) is 67.7 Å². The number of fused-ring (bicyclic) bond motifs is 1. The van der Waals surface area contributed by atoms with Gasteiger partial charge < -0.3 is 19.1 Å². The molecule has 3 aromatic carbocycles. The van der Waals surface area contributed by atoms with E-state index in [1.807, 2.05) is 77.9 Å². The average molecular weight is 599 g/mol. The van der Waals surface area contributed by atoms with Crippen LogP contribution in [-0.4, -0.2) is 52.9 Å². The quantitative estimate of drug-likeness (QED) is 0.0927. The molecule has 1 fully saturated rings. The Balaban J connectivity index is 1.27. The number of para-hydroxylation sites is 2. The fraction of sp³-hybridized carbons (Fsp3) is 0.400. The molecule has 1 saturated heterocycles. The van der Waals surface area contributed by atoms with Crippen LogP contribution in [0.3, 0.4) is 0 Å². The van der Waals surface area contributed by atoms with Crippen molar-refractivity contribution in [3.05, 3.63) is 84.4 Å². The van der Waals surface area contributed by atoms with Gasteiger partial charge in [0, 0.05) is 36.8 Å². The van der Waals surface area contributed by atoms with Crippen LogP contribution in [-0.2, 0) is 27.3 Å². The summed E-state index contributed by atoms with van der Waals surface area (Å²) < 4.78 is 7.51. The molecule has 4 aromatic rings. The van der Waals surface area contributed by atoms with Crippen LogP contribution in [0.4, 0.5) is 11.4 Å². The lowest BCUT2D eigenvalue weighted by atomic mass is 10.1. The van der Waals surface area contributed by atoms with Crippen molar-refractivity contribution in [3.8, 4) is 0 Å². The Kier molecular flexibility index (Phi) is 10.8. The molecule has 1 aromatic heterocycles. The number of carbonyl (C=O) groups is 2. The van der Waals surface area contributed by atoms with E-state index in [1.165, 1.54) is 24.9 Å². The molecule has 8 heteroatoms. The Morgan fingerprint density at radius 1 is 0.953 bits per heavy atom. The number of anilines is 2. The molecule has 1 aliphatic rings. The second-order valence-electron chi connectivity index (χ2n) is 11.2. The first-order valence-electron chi connectivity index (χ1n) is 15.5. The zero-order valence-electron chi connectivity index (χ0n) is 25.3. The van der Waals surface area contributed by atoms with Crippen LogP contribution >= 0.6 is 11.8 Å². The SMILES string of the molecule is CCC(C)OC(=O)Cn1c(SCCCN(C(=O)Cc2ccccc2)c2ccc(N3CCCCC3)cc2)nc2ccccc21. The van der Waals surface area contributed by atoms with Crippen LogP contribution in [0, 0.1) is 0 Å². The zero-order chi connectivity index (χ0) is 30.0. The van der Waals surface area contributed by atoms with Crippen molar-refractivity contribution in [3.63, 3.8) is 0 Å². The molecule has 1 atom stereocenters. The van der Waals surface area contributed by atoms with Crippen LogP contribution in [0.2, 0.25) is 0 Å². The van der Waals surface area contributed by atoms with Crippen LogP contribution < -0.4 is 9.80 Å². The lowest BCUT2D eigenvalue weighted by Gasteiger charge is -2.29. The van der Waals surface area contributed by atoms with Crippen molar-refractivity contribution in [2.45, 2.75) is 70.2 Å². The van der Waals surface area contributed by atoms with Gasteiger partial charge >= 0.3 is 5.97 Å². The third-order valence-corrected chi connectivity index (χ3v) is 9.02. The molecule has 5 rings (SSSR count). The first kappa shape index (κ1) is 30.7. The lowest BCUT2D eigenvalue weighted by Crippen LogP contribution is -2.34. The number of imidazole rings is 1. The highest BCUT2D eigenvalue weighted by Gasteiger charge is 2.19. The van der Waals surface area contributed by atoms with E-state index in [0.717, 1.165) is 59.1 Å². The van der Waals surface area contributed by atoms with E-state index in [-0.39, 0.29) is 24.5 Å². The Morgan fingerprint density at radius 2 is 1.67 bits per heavy atom. The number of amides is 1. The third-order valence-electron chi connectivity index (χ3n) is 7.95. The number of ether oxygens (including phenoxy) is 1. The summed E-state index contributed by atoms with van der Waals surface area (Å²) in [5.74, 6) is 0.581. The highest BCUT2D eigenvalue weighted by atomic mass is 32.2. The molecular weight excluding hydrogens is 556 g/mol. The Hall–Kier alpha value is -3.78. The molecule has 226 valence electrons. The Bertz CT molecular complexity index is 1480. The number of hydrogen-bond acceptors (Lipinski definition) is 6. The van der Waals surface area contributed by atoms with E-state index < -0.39 is 0 Å². The van der Waals surface area contributed by atoms with Gasteiger partial charge in [-0.3, -0.25) is 9.59 Å². The molecule has 1 aliphatic heterocycles. The van der Waals surface area contributed by atoms with Crippen molar-refractivity contribution in [2.75, 3.05) is 35.2 Å². The molecular formula is C35H42N4O3S. The van der Waals surface area contributed by atoms with Crippen molar-refractivity contribution >= 4 is 46.0 Å². The summed E-state index contributed by atoms with van der Waals surface area (Å²) in [5, 5.41) is 0.787. The highest BCUT2D eigenvalue weighted by Crippen LogP contribution is 2.27. The van der Waals surface area contributed by atoms with E-state index in [1.54, 1.807) is 11.8 Å². The summed E-state index contributed by atoms with van der Waals surface area (Å²) in [4.78, 5) is 35.5.